The Bertz CT molecular complexity index is 384. The molecule has 2 atom stereocenters. The second-order valence-corrected chi connectivity index (χ2v) is 7.11. The summed E-state index contributed by atoms with van der Waals surface area (Å²) >= 11 is 0. The van der Waals surface area contributed by atoms with E-state index in [0.717, 1.165) is 25.8 Å². The number of piperazine rings is 1. The maximum absolute atomic E-state index is 12.8. The summed E-state index contributed by atoms with van der Waals surface area (Å²) < 4.78 is 0. The van der Waals surface area contributed by atoms with Gasteiger partial charge in [0.05, 0.1) is 0 Å². The van der Waals surface area contributed by atoms with Crippen molar-refractivity contribution in [2.24, 2.45) is 5.92 Å². The first-order valence-electron chi connectivity index (χ1n) is 7.39. The third kappa shape index (κ3) is 2.37. The third-order valence-corrected chi connectivity index (χ3v) is 4.19. The number of fused-ring (bicyclic) bond motifs is 1. The maximum Gasteiger partial charge on any atom is 0.246 e. The van der Waals surface area contributed by atoms with E-state index in [0.29, 0.717) is 0 Å². The van der Waals surface area contributed by atoms with Crippen molar-refractivity contribution in [2.45, 2.75) is 71.5 Å². The molecule has 2 saturated heterocycles. The minimum Gasteiger partial charge on any atom is -0.329 e. The van der Waals surface area contributed by atoms with Gasteiger partial charge in [-0.3, -0.25) is 9.59 Å². The Morgan fingerprint density at radius 2 is 1.74 bits per heavy atom. The summed E-state index contributed by atoms with van der Waals surface area (Å²) in [6.45, 7) is 10.9. The van der Waals surface area contributed by atoms with Gasteiger partial charge < -0.3 is 9.80 Å². The number of hydrogen-bond donors (Lipinski definition) is 0. The first-order chi connectivity index (χ1) is 8.75. The lowest BCUT2D eigenvalue weighted by molar-refractivity contribution is -0.171. The van der Waals surface area contributed by atoms with Crippen LogP contribution in [0.5, 0.6) is 0 Å². The molecular weight excluding hydrogens is 240 g/mol. The van der Waals surface area contributed by atoms with E-state index < -0.39 is 0 Å². The molecule has 19 heavy (non-hydrogen) atoms. The fraction of sp³-hybridized carbons (Fsp3) is 0.867. The molecule has 4 nitrogen and oxygen atoms in total. The zero-order chi connectivity index (χ0) is 14.4. The molecule has 0 bridgehead atoms. The largest absolute Gasteiger partial charge is 0.329 e. The second-order valence-electron chi connectivity index (χ2n) is 7.11. The zero-order valence-electron chi connectivity index (χ0n) is 12.8. The number of piperidine rings is 1. The van der Waals surface area contributed by atoms with Crippen LogP contribution in [0.15, 0.2) is 0 Å². The third-order valence-electron chi connectivity index (χ3n) is 4.19. The number of amides is 2. The van der Waals surface area contributed by atoms with E-state index in [4.69, 9.17) is 0 Å². The summed E-state index contributed by atoms with van der Waals surface area (Å²) in [7, 11) is 0. The molecule has 0 aromatic rings. The first-order valence-corrected chi connectivity index (χ1v) is 7.39. The molecular formula is C15H26N2O2. The number of carbonyl (C=O) groups excluding carboxylic acids is 2. The Balaban J connectivity index is 2.40. The van der Waals surface area contributed by atoms with Gasteiger partial charge in [0.1, 0.15) is 12.1 Å². The maximum atomic E-state index is 12.8. The molecule has 0 radical (unpaired) electrons. The molecule has 2 unspecified atom stereocenters. The van der Waals surface area contributed by atoms with Crippen molar-refractivity contribution in [1.29, 1.82) is 0 Å². The summed E-state index contributed by atoms with van der Waals surface area (Å²) in [4.78, 5) is 29.2. The summed E-state index contributed by atoms with van der Waals surface area (Å²) in [5.74, 6) is 0.443. The van der Waals surface area contributed by atoms with Crippen molar-refractivity contribution in [2.75, 3.05) is 6.54 Å². The Kier molecular flexibility index (Phi) is 3.63. The van der Waals surface area contributed by atoms with Gasteiger partial charge >= 0.3 is 0 Å². The SMILES string of the molecule is CC(C)C1C(=O)N2CCCCC2C(=O)N1C(C)(C)C. The average molecular weight is 266 g/mol. The Labute approximate surface area is 116 Å². The van der Waals surface area contributed by atoms with Gasteiger partial charge in [0.25, 0.3) is 0 Å². The van der Waals surface area contributed by atoms with Crippen LogP contribution in [-0.4, -0.2) is 45.8 Å². The molecule has 0 aliphatic carbocycles. The van der Waals surface area contributed by atoms with Gasteiger partial charge in [-0.05, 0) is 46.0 Å². The van der Waals surface area contributed by atoms with Gasteiger partial charge in [0.2, 0.25) is 11.8 Å². The molecule has 0 N–H and O–H groups in total. The number of hydrogen-bond acceptors (Lipinski definition) is 2. The van der Waals surface area contributed by atoms with Crippen LogP contribution in [0.25, 0.3) is 0 Å². The van der Waals surface area contributed by atoms with Crippen molar-refractivity contribution >= 4 is 11.8 Å². The summed E-state index contributed by atoms with van der Waals surface area (Å²) in [6, 6.07) is -0.516. The van der Waals surface area contributed by atoms with Crippen LogP contribution >= 0.6 is 0 Å². The molecule has 2 fully saturated rings. The number of rotatable bonds is 1. The van der Waals surface area contributed by atoms with Crippen LogP contribution in [0.1, 0.15) is 53.9 Å². The van der Waals surface area contributed by atoms with Crippen LogP contribution < -0.4 is 0 Å². The Morgan fingerprint density at radius 3 is 2.26 bits per heavy atom. The Morgan fingerprint density at radius 1 is 1.11 bits per heavy atom. The van der Waals surface area contributed by atoms with E-state index in [-0.39, 0.29) is 35.4 Å². The Hall–Kier alpha value is -1.06. The minimum atomic E-state index is -0.304. The molecule has 4 heteroatoms. The quantitative estimate of drug-likeness (QED) is 0.728. The molecule has 108 valence electrons. The highest BCUT2D eigenvalue weighted by Gasteiger charge is 2.50. The highest BCUT2D eigenvalue weighted by molar-refractivity contribution is 5.97. The van der Waals surface area contributed by atoms with Gasteiger partial charge in [0, 0.05) is 12.1 Å². The van der Waals surface area contributed by atoms with E-state index in [9.17, 15) is 9.59 Å². The number of nitrogens with zero attached hydrogens (tertiary/aromatic N) is 2. The van der Waals surface area contributed by atoms with E-state index in [2.05, 4.69) is 0 Å². The van der Waals surface area contributed by atoms with Gasteiger partial charge in [-0.25, -0.2) is 0 Å². The van der Waals surface area contributed by atoms with Crippen molar-refractivity contribution < 1.29 is 9.59 Å². The topological polar surface area (TPSA) is 40.6 Å². The summed E-state index contributed by atoms with van der Waals surface area (Å²) in [6.07, 6.45) is 2.89. The van der Waals surface area contributed by atoms with E-state index in [1.807, 2.05) is 44.4 Å². The monoisotopic (exact) mass is 266 g/mol. The van der Waals surface area contributed by atoms with E-state index >= 15 is 0 Å². The van der Waals surface area contributed by atoms with Crippen molar-refractivity contribution in [3.63, 3.8) is 0 Å². The van der Waals surface area contributed by atoms with Crippen LogP contribution in [0.3, 0.4) is 0 Å². The second kappa shape index (κ2) is 4.80. The average Bonchev–Trinajstić information content (AvgIpc) is 2.31. The lowest BCUT2D eigenvalue weighted by atomic mass is 9.87. The van der Waals surface area contributed by atoms with Crippen LogP contribution in [0, 0.1) is 5.92 Å². The summed E-state index contributed by atoms with van der Waals surface area (Å²) in [5, 5.41) is 0. The smallest absolute Gasteiger partial charge is 0.246 e. The van der Waals surface area contributed by atoms with E-state index in [1.54, 1.807) is 0 Å². The minimum absolute atomic E-state index is 0.144. The van der Waals surface area contributed by atoms with Crippen LogP contribution in [0.2, 0.25) is 0 Å². The number of carbonyl (C=O) groups is 2. The van der Waals surface area contributed by atoms with Crippen molar-refractivity contribution in [1.82, 2.24) is 9.80 Å². The van der Waals surface area contributed by atoms with E-state index in [1.165, 1.54) is 0 Å². The molecule has 0 saturated carbocycles. The molecule has 2 rings (SSSR count). The predicted molar refractivity (Wildman–Crippen MR) is 74.6 cm³/mol. The normalized spacial score (nSPS) is 28.9. The lowest BCUT2D eigenvalue weighted by Gasteiger charge is -2.52. The van der Waals surface area contributed by atoms with Crippen molar-refractivity contribution in [3.05, 3.63) is 0 Å². The highest BCUT2D eigenvalue weighted by Crippen LogP contribution is 2.33. The van der Waals surface area contributed by atoms with Crippen LogP contribution in [0.4, 0.5) is 0 Å². The molecule has 0 aromatic carbocycles. The van der Waals surface area contributed by atoms with Gasteiger partial charge in [-0.2, -0.15) is 0 Å². The summed E-state index contributed by atoms with van der Waals surface area (Å²) in [5.41, 5.74) is -0.300. The lowest BCUT2D eigenvalue weighted by Crippen LogP contribution is -2.70. The molecule has 0 spiro atoms. The van der Waals surface area contributed by atoms with Gasteiger partial charge in [-0.1, -0.05) is 13.8 Å². The first kappa shape index (κ1) is 14.4. The standard InChI is InChI=1S/C15H26N2O2/c1-10(2)12-14(19)16-9-7-6-8-11(16)13(18)17(12)15(3,4)5/h10-12H,6-9H2,1-5H3. The fourth-order valence-corrected chi connectivity index (χ4v) is 3.36. The molecule has 2 aliphatic heterocycles. The molecule has 2 aliphatic rings. The predicted octanol–water partition coefficient (Wildman–Crippen LogP) is 2.03. The molecule has 0 aromatic heterocycles. The molecule has 2 heterocycles. The van der Waals surface area contributed by atoms with Crippen molar-refractivity contribution in [3.8, 4) is 0 Å². The van der Waals surface area contributed by atoms with Gasteiger partial charge in [0.15, 0.2) is 0 Å². The highest BCUT2D eigenvalue weighted by atomic mass is 16.2. The fourth-order valence-electron chi connectivity index (χ4n) is 3.36. The molecule has 2 amide bonds. The van der Waals surface area contributed by atoms with Crippen LogP contribution in [-0.2, 0) is 9.59 Å². The zero-order valence-corrected chi connectivity index (χ0v) is 12.8. The van der Waals surface area contributed by atoms with Gasteiger partial charge in [-0.15, -0.1) is 0 Å².